The molecule has 0 bridgehead atoms. The third-order valence-electron chi connectivity index (χ3n) is 4.31. The lowest BCUT2D eigenvalue weighted by Crippen LogP contribution is -2.11. The summed E-state index contributed by atoms with van der Waals surface area (Å²) >= 11 is 0. The summed E-state index contributed by atoms with van der Waals surface area (Å²) in [5, 5.41) is 22.9. The van der Waals surface area contributed by atoms with Crippen molar-refractivity contribution in [3.05, 3.63) is 71.8 Å². The van der Waals surface area contributed by atoms with E-state index in [1.807, 2.05) is 31.2 Å². The topological polar surface area (TPSA) is 98.2 Å². The molecule has 0 spiro atoms. The van der Waals surface area contributed by atoms with E-state index in [0.29, 0.717) is 22.4 Å². The first-order chi connectivity index (χ1) is 13.0. The number of fused-ring (bicyclic) bond motifs is 1. The molecule has 0 aliphatic heterocycles. The van der Waals surface area contributed by atoms with Crippen LogP contribution in [0.1, 0.15) is 15.9 Å². The molecule has 3 aromatic carbocycles. The summed E-state index contributed by atoms with van der Waals surface area (Å²) in [5.74, 6) is -0.0585. The van der Waals surface area contributed by atoms with Gasteiger partial charge < -0.3 is 20.5 Å². The predicted octanol–water partition coefficient (Wildman–Crippen LogP) is 4.20. The molecule has 0 radical (unpaired) electrons. The molecule has 0 aliphatic rings. The van der Waals surface area contributed by atoms with Gasteiger partial charge in [-0.1, -0.05) is 23.8 Å². The molecule has 27 heavy (non-hydrogen) atoms. The van der Waals surface area contributed by atoms with Crippen molar-refractivity contribution in [2.45, 2.75) is 6.92 Å². The van der Waals surface area contributed by atoms with Crippen LogP contribution in [0.15, 0.2) is 60.7 Å². The van der Waals surface area contributed by atoms with Crippen molar-refractivity contribution < 1.29 is 15.0 Å². The Labute approximate surface area is 155 Å². The third-order valence-corrected chi connectivity index (χ3v) is 4.31. The minimum atomic E-state index is -0.234. The van der Waals surface area contributed by atoms with Crippen LogP contribution in [0, 0.1) is 6.92 Å². The number of carbonyl (C=O) groups excluding carboxylic acids is 1. The average molecular weight is 359 g/mol. The zero-order valence-electron chi connectivity index (χ0n) is 14.5. The van der Waals surface area contributed by atoms with Gasteiger partial charge in [0.15, 0.2) is 0 Å². The summed E-state index contributed by atoms with van der Waals surface area (Å²) in [6, 6.07) is 17.1. The molecule has 6 nitrogen and oxygen atoms in total. The van der Waals surface area contributed by atoms with E-state index >= 15 is 0 Å². The molecule has 134 valence electrons. The Balaban J connectivity index is 1.66. The van der Waals surface area contributed by atoms with Crippen molar-refractivity contribution in [3.63, 3.8) is 0 Å². The largest absolute Gasteiger partial charge is 0.507 e. The minimum absolute atomic E-state index is 0.0774. The molecular weight excluding hydrogens is 342 g/mol. The second-order valence-electron chi connectivity index (χ2n) is 6.31. The molecule has 0 aliphatic carbocycles. The summed E-state index contributed by atoms with van der Waals surface area (Å²) in [6.07, 6.45) is 0. The molecule has 4 N–H and O–H groups in total. The molecule has 0 fully saturated rings. The number of aromatic amines is 1. The zero-order valence-corrected chi connectivity index (χ0v) is 14.5. The lowest BCUT2D eigenvalue weighted by molar-refractivity contribution is 0.102. The second-order valence-corrected chi connectivity index (χ2v) is 6.31. The second kappa shape index (κ2) is 6.49. The van der Waals surface area contributed by atoms with Crippen LogP contribution in [0.5, 0.6) is 11.5 Å². The van der Waals surface area contributed by atoms with E-state index in [4.69, 9.17) is 0 Å². The number of hydrogen-bond acceptors (Lipinski definition) is 4. The number of aromatic nitrogens is 2. The van der Waals surface area contributed by atoms with Gasteiger partial charge in [0.1, 0.15) is 22.9 Å². The summed E-state index contributed by atoms with van der Waals surface area (Å²) < 4.78 is 0. The maximum atomic E-state index is 12.5. The summed E-state index contributed by atoms with van der Waals surface area (Å²) in [4.78, 5) is 19.9. The van der Waals surface area contributed by atoms with Gasteiger partial charge in [-0.15, -0.1) is 0 Å². The molecule has 4 aromatic rings. The van der Waals surface area contributed by atoms with Crippen molar-refractivity contribution in [1.29, 1.82) is 0 Å². The van der Waals surface area contributed by atoms with E-state index < -0.39 is 0 Å². The highest BCUT2D eigenvalue weighted by atomic mass is 16.3. The van der Waals surface area contributed by atoms with Gasteiger partial charge in [-0.05, 0) is 49.4 Å². The fourth-order valence-electron chi connectivity index (χ4n) is 2.88. The van der Waals surface area contributed by atoms with Gasteiger partial charge in [0.25, 0.3) is 5.91 Å². The standard InChI is InChI=1S/C21H17N3O3/c1-12-5-8-14(9-6-12)22-21(27)13-7-10-15-16(11-13)24-20(23-15)19-17(25)3-2-4-18(19)26/h2-11,25-26H,1H3,(H,22,27)(H,23,24). The highest BCUT2D eigenvalue weighted by Crippen LogP contribution is 2.36. The fraction of sp³-hybridized carbons (Fsp3) is 0.0476. The van der Waals surface area contributed by atoms with E-state index in [2.05, 4.69) is 15.3 Å². The maximum Gasteiger partial charge on any atom is 0.255 e. The maximum absolute atomic E-state index is 12.5. The van der Waals surface area contributed by atoms with Gasteiger partial charge >= 0.3 is 0 Å². The molecule has 0 atom stereocenters. The molecule has 1 aromatic heterocycles. The first-order valence-corrected chi connectivity index (χ1v) is 8.40. The number of nitrogens with one attached hydrogen (secondary N) is 2. The molecule has 6 heteroatoms. The van der Waals surface area contributed by atoms with Gasteiger partial charge in [0, 0.05) is 11.3 Å². The number of hydrogen-bond donors (Lipinski definition) is 4. The average Bonchev–Trinajstić information content (AvgIpc) is 3.06. The number of nitrogens with zero attached hydrogens (tertiary/aromatic N) is 1. The monoisotopic (exact) mass is 359 g/mol. The lowest BCUT2D eigenvalue weighted by Gasteiger charge is -2.05. The van der Waals surface area contributed by atoms with Crippen LogP contribution in [0.4, 0.5) is 5.69 Å². The summed E-state index contributed by atoms with van der Waals surface area (Å²) in [5.41, 5.74) is 3.78. The van der Waals surface area contributed by atoms with Gasteiger partial charge in [0.2, 0.25) is 0 Å². The molecule has 1 heterocycles. The highest BCUT2D eigenvalue weighted by Gasteiger charge is 2.15. The number of rotatable bonds is 3. The Kier molecular flexibility index (Phi) is 4.01. The van der Waals surface area contributed by atoms with Crippen LogP contribution >= 0.6 is 0 Å². The van der Waals surface area contributed by atoms with Crippen molar-refractivity contribution in [2.75, 3.05) is 5.32 Å². The normalized spacial score (nSPS) is 10.9. The lowest BCUT2D eigenvalue weighted by atomic mass is 10.1. The number of aryl methyl sites for hydroxylation is 1. The van der Waals surface area contributed by atoms with Crippen LogP contribution in [-0.2, 0) is 0 Å². The Morgan fingerprint density at radius 3 is 2.41 bits per heavy atom. The number of phenols is 2. The number of aromatic hydroxyl groups is 2. The molecule has 0 unspecified atom stereocenters. The van der Waals surface area contributed by atoms with Crippen molar-refractivity contribution >= 4 is 22.6 Å². The van der Waals surface area contributed by atoms with Crippen LogP contribution < -0.4 is 5.32 Å². The van der Waals surface area contributed by atoms with E-state index in [9.17, 15) is 15.0 Å². The van der Waals surface area contributed by atoms with Crippen molar-refractivity contribution in [3.8, 4) is 22.9 Å². The number of benzene rings is 3. The first kappa shape index (κ1) is 16.7. The smallest absolute Gasteiger partial charge is 0.255 e. The highest BCUT2D eigenvalue weighted by molar-refractivity contribution is 6.06. The van der Waals surface area contributed by atoms with Crippen LogP contribution in [0.25, 0.3) is 22.4 Å². The molecule has 4 rings (SSSR count). The van der Waals surface area contributed by atoms with E-state index in [-0.39, 0.29) is 23.0 Å². The Morgan fingerprint density at radius 2 is 1.70 bits per heavy atom. The summed E-state index contributed by atoms with van der Waals surface area (Å²) in [6.45, 7) is 1.98. The van der Waals surface area contributed by atoms with E-state index in [0.717, 1.165) is 11.3 Å². The minimum Gasteiger partial charge on any atom is -0.507 e. The Morgan fingerprint density at radius 1 is 1.00 bits per heavy atom. The number of phenolic OH excluding ortho intramolecular Hbond substituents is 2. The molecule has 0 saturated carbocycles. The van der Waals surface area contributed by atoms with Gasteiger partial charge in [-0.3, -0.25) is 4.79 Å². The van der Waals surface area contributed by atoms with E-state index in [1.54, 1.807) is 24.3 Å². The van der Waals surface area contributed by atoms with Gasteiger partial charge in [-0.25, -0.2) is 4.98 Å². The van der Waals surface area contributed by atoms with Crippen LogP contribution in [0.2, 0.25) is 0 Å². The molecular formula is C21H17N3O3. The molecule has 1 amide bonds. The summed E-state index contributed by atoms with van der Waals surface area (Å²) in [7, 11) is 0. The fourth-order valence-corrected chi connectivity index (χ4v) is 2.88. The number of H-pyrrole nitrogens is 1. The van der Waals surface area contributed by atoms with Crippen LogP contribution in [-0.4, -0.2) is 26.1 Å². The Bertz CT molecular complexity index is 1130. The van der Waals surface area contributed by atoms with Crippen molar-refractivity contribution in [2.24, 2.45) is 0 Å². The number of anilines is 1. The van der Waals surface area contributed by atoms with E-state index in [1.165, 1.54) is 12.1 Å². The zero-order chi connectivity index (χ0) is 19.0. The number of imidazole rings is 1. The number of carbonyl (C=O) groups is 1. The van der Waals surface area contributed by atoms with Crippen molar-refractivity contribution in [1.82, 2.24) is 9.97 Å². The molecule has 0 saturated heterocycles. The van der Waals surface area contributed by atoms with Gasteiger partial charge in [0.05, 0.1) is 11.0 Å². The third kappa shape index (κ3) is 3.20. The quantitative estimate of drug-likeness (QED) is 0.440. The first-order valence-electron chi connectivity index (χ1n) is 8.40. The van der Waals surface area contributed by atoms with Crippen LogP contribution in [0.3, 0.4) is 0 Å². The number of amides is 1. The SMILES string of the molecule is Cc1ccc(NC(=O)c2ccc3nc(-c4c(O)cccc4O)[nH]c3c2)cc1. The predicted molar refractivity (Wildman–Crippen MR) is 104 cm³/mol. The Hall–Kier alpha value is -3.80. The van der Waals surface area contributed by atoms with Gasteiger partial charge in [-0.2, -0.15) is 0 Å².